The standard InChI is InChI=1S/C13H19IN3O5P/c1-3-21-23(19,22-4-2)9-20-12(14)7-10-5-6-11-13(18)15-8-16-17(10)11/h5-6,8,12H,3-4,7,9H2,1-2H3,(H,15,16,18). The van der Waals surface area contributed by atoms with Gasteiger partial charge >= 0.3 is 7.60 Å². The highest BCUT2D eigenvalue weighted by Gasteiger charge is 2.25. The van der Waals surface area contributed by atoms with Crippen molar-refractivity contribution < 1.29 is 23.5 Å². The van der Waals surface area contributed by atoms with Crippen LogP contribution in [0.15, 0.2) is 18.5 Å². The van der Waals surface area contributed by atoms with Gasteiger partial charge in [-0.05, 0) is 26.0 Å². The van der Waals surface area contributed by atoms with Crippen molar-refractivity contribution in [1.82, 2.24) is 14.6 Å². The summed E-state index contributed by atoms with van der Waals surface area (Å²) in [6.07, 6.45) is 1.70. The van der Waals surface area contributed by atoms with E-state index >= 15 is 0 Å². The van der Waals surface area contributed by atoms with Gasteiger partial charge in [0, 0.05) is 12.1 Å². The summed E-state index contributed by atoms with van der Waals surface area (Å²) in [5.41, 5.74) is 1.38. The van der Waals surface area contributed by atoms with Crippen molar-refractivity contribution in [2.75, 3.05) is 19.6 Å². The first-order valence-electron chi connectivity index (χ1n) is 7.13. The Kier molecular flexibility index (Phi) is 6.78. The number of nitrogens with zero attached hydrogens (tertiary/aromatic N) is 3. The lowest BCUT2D eigenvalue weighted by molar-refractivity contribution is 0.124. The molecule has 0 amide bonds. The number of halogens is 1. The van der Waals surface area contributed by atoms with Gasteiger partial charge in [0.2, 0.25) is 5.88 Å². The van der Waals surface area contributed by atoms with E-state index in [-0.39, 0.29) is 16.3 Å². The van der Waals surface area contributed by atoms with E-state index < -0.39 is 7.60 Å². The van der Waals surface area contributed by atoms with Crippen LogP contribution in [0.5, 0.6) is 5.88 Å². The summed E-state index contributed by atoms with van der Waals surface area (Å²) in [4.78, 5) is 3.73. The molecule has 0 aromatic carbocycles. The van der Waals surface area contributed by atoms with E-state index in [4.69, 9.17) is 13.8 Å². The van der Waals surface area contributed by atoms with Crippen molar-refractivity contribution in [1.29, 1.82) is 0 Å². The van der Waals surface area contributed by atoms with Gasteiger partial charge in [-0.1, -0.05) is 22.6 Å². The Balaban J connectivity index is 2.00. The first-order chi connectivity index (χ1) is 11.0. The molecular weight excluding hydrogens is 436 g/mol. The second-order valence-electron chi connectivity index (χ2n) is 4.56. The zero-order valence-corrected chi connectivity index (χ0v) is 15.9. The fourth-order valence-electron chi connectivity index (χ4n) is 2.03. The van der Waals surface area contributed by atoms with Crippen LogP contribution in [0.3, 0.4) is 0 Å². The van der Waals surface area contributed by atoms with E-state index in [1.54, 1.807) is 24.4 Å². The lowest BCUT2D eigenvalue weighted by atomic mass is 10.3. The summed E-state index contributed by atoms with van der Waals surface area (Å²) >= 11 is 2.11. The molecule has 0 aliphatic rings. The normalized spacial score (nSPS) is 13.5. The van der Waals surface area contributed by atoms with Crippen LogP contribution in [0.4, 0.5) is 0 Å². The number of hydrogen-bond acceptors (Lipinski definition) is 7. The molecule has 10 heteroatoms. The molecule has 8 nitrogen and oxygen atoms in total. The average molecular weight is 455 g/mol. The number of aromatic nitrogens is 3. The highest BCUT2D eigenvalue weighted by molar-refractivity contribution is 14.1. The van der Waals surface area contributed by atoms with E-state index in [2.05, 4.69) is 32.7 Å². The number of alkyl halides is 1. The molecule has 0 radical (unpaired) electrons. The lowest BCUT2D eigenvalue weighted by Crippen LogP contribution is -2.13. The maximum Gasteiger partial charge on any atom is 0.356 e. The average Bonchev–Trinajstić information content (AvgIpc) is 2.91. The Morgan fingerprint density at radius 1 is 1.35 bits per heavy atom. The Labute approximate surface area is 147 Å². The maximum atomic E-state index is 12.3. The fraction of sp³-hybridized carbons (Fsp3) is 0.538. The van der Waals surface area contributed by atoms with Crippen molar-refractivity contribution in [3.8, 4) is 5.88 Å². The number of hydrogen-bond donors (Lipinski definition) is 1. The van der Waals surface area contributed by atoms with Gasteiger partial charge in [-0.25, -0.2) is 4.52 Å². The van der Waals surface area contributed by atoms with E-state index in [1.807, 2.05) is 6.07 Å². The number of aromatic hydroxyl groups is 1. The summed E-state index contributed by atoms with van der Waals surface area (Å²) in [7, 11) is -3.22. The van der Waals surface area contributed by atoms with Crippen LogP contribution >= 0.6 is 30.2 Å². The zero-order valence-electron chi connectivity index (χ0n) is 12.9. The predicted octanol–water partition coefficient (Wildman–Crippen LogP) is 2.98. The van der Waals surface area contributed by atoms with Gasteiger partial charge in [-0.15, -0.1) is 0 Å². The Morgan fingerprint density at radius 2 is 2.04 bits per heavy atom. The molecule has 2 aromatic rings. The molecule has 2 heterocycles. The molecule has 0 saturated heterocycles. The number of ether oxygens (including phenoxy) is 1. The third kappa shape index (κ3) is 4.87. The third-order valence-electron chi connectivity index (χ3n) is 2.94. The topological polar surface area (TPSA) is 95.2 Å². The van der Waals surface area contributed by atoms with E-state index in [0.29, 0.717) is 25.2 Å². The quantitative estimate of drug-likeness (QED) is 0.353. The molecule has 1 atom stereocenters. The van der Waals surface area contributed by atoms with Crippen LogP contribution in [0.25, 0.3) is 5.52 Å². The van der Waals surface area contributed by atoms with Crippen LogP contribution in [-0.2, 0) is 24.8 Å². The fourth-order valence-corrected chi connectivity index (χ4v) is 4.32. The van der Waals surface area contributed by atoms with E-state index in [9.17, 15) is 9.67 Å². The van der Waals surface area contributed by atoms with Crippen molar-refractivity contribution in [2.45, 2.75) is 24.4 Å². The summed E-state index contributed by atoms with van der Waals surface area (Å²) in [6.45, 7) is 4.11. The molecule has 23 heavy (non-hydrogen) atoms. The monoisotopic (exact) mass is 455 g/mol. The first kappa shape index (κ1) is 18.6. The SMILES string of the molecule is CCOP(=O)(COC(I)Cc1ccc2c(O)ncnn12)OCC. The number of fused-ring (bicyclic) bond motifs is 1. The first-order valence-corrected chi connectivity index (χ1v) is 10.1. The molecule has 1 unspecified atom stereocenters. The van der Waals surface area contributed by atoms with Crippen LogP contribution < -0.4 is 0 Å². The minimum Gasteiger partial charge on any atom is -0.492 e. The van der Waals surface area contributed by atoms with Gasteiger partial charge in [0.1, 0.15) is 22.3 Å². The molecule has 0 aliphatic carbocycles. The van der Waals surface area contributed by atoms with Gasteiger partial charge in [0.05, 0.1) is 13.2 Å². The predicted molar refractivity (Wildman–Crippen MR) is 93.0 cm³/mol. The molecule has 0 aliphatic heterocycles. The number of rotatable bonds is 9. The van der Waals surface area contributed by atoms with E-state index in [0.717, 1.165) is 5.69 Å². The minimum atomic E-state index is -3.22. The molecular formula is C13H19IN3O5P. The van der Waals surface area contributed by atoms with Crippen LogP contribution in [0.1, 0.15) is 19.5 Å². The zero-order chi connectivity index (χ0) is 16.9. The van der Waals surface area contributed by atoms with Gasteiger partial charge in [-0.3, -0.25) is 4.57 Å². The van der Waals surface area contributed by atoms with Gasteiger partial charge in [0.25, 0.3) is 0 Å². The molecule has 0 spiro atoms. The van der Waals surface area contributed by atoms with Gasteiger partial charge in [0.15, 0.2) is 0 Å². The molecule has 2 rings (SSSR count). The van der Waals surface area contributed by atoms with Crippen molar-refractivity contribution in [3.63, 3.8) is 0 Å². The van der Waals surface area contributed by atoms with Crippen LogP contribution in [0.2, 0.25) is 0 Å². The molecule has 128 valence electrons. The Hall–Kier alpha value is -0.740. The smallest absolute Gasteiger partial charge is 0.356 e. The van der Waals surface area contributed by atoms with Crippen molar-refractivity contribution in [3.05, 3.63) is 24.2 Å². The Bertz CT molecular complexity index is 685. The van der Waals surface area contributed by atoms with Crippen LogP contribution in [0, 0.1) is 0 Å². The third-order valence-corrected chi connectivity index (χ3v) is 5.51. The lowest BCUT2D eigenvalue weighted by Gasteiger charge is -2.19. The molecule has 0 fully saturated rings. The largest absolute Gasteiger partial charge is 0.492 e. The molecule has 1 N–H and O–H groups in total. The minimum absolute atomic E-state index is 0.0747. The summed E-state index contributed by atoms with van der Waals surface area (Å²) in [5.74, 6) is -0.0747. The maximum absolute atomic E-state index is 12.3. The summed E-state index contributed by atoms with van der Waals surface area (Å²) < 4.78 is 29.7. The van der Waals surface area contributed by atoms with Crippen molar-refractivity contribution in [2.24, 2.45) is 0 Å². The molecule has 0 saturated carbocycles. The highest BCUT2D eigenvalue weighted by atomic mass is 127. The Morgan fingerprint density at radius 3 is 2.70 bits per heavy atom. The van der Waals surface area contributed by atoms with Crippen LogP contribution in [-0.4, -0.2) is 43.4 Å². The second kappa shape index (κ2) is 8.39. The second-order valence-corrected chi connectivity index (χ2v) is 7.95. The van der Waals surface area contributed by atoms with Gasteiger partial charge in [-0.2, -0.15) is 10.1 Å². The molecule has 0 bridgehead atoms. The van der Waals surface area contributed by atoms with E-state index in [1.165, 1.54) is 6.33 Å². The summed E-state index contributed by atoms with van der Waals surface area (Å²) in [5, 5.41) is 13.8. The highest BCUT2D eigenvalue weighted by Crippen LogP contribution is 2.48. The molecule has 2 aromatic heterocycles. The van der Waals surface area contributed by atoms with Crippen molar-refractivity contribution >= 4 is 35.7 Å². The summed E-state index contributed by atoms with van der Waals surface area (Å²) in [6, 6.07) is 3.57. The van der Waals surface area contributed by atoms with Gasteiger partial charge < -0.3 is 18.9 Å².